The normalized spacial score (nSPS) is 11.5. The Morgan fingerprint density at radius 2 is 1.64 bits per heavy atom. The molecule has 0 spiro atoms. The second kappa shape index (κ2) is 3.06. The molecule has 11 heavy (non-hydrogen) atoms. The molecule has 1 nitrogen and oxygen atoms in total. The van der Waals surface area contributed by atoms with Gasteiger partial charge < -0.3 is 0 Å². The Morgan fingerprint density at radius 1 is 1.18 bits per heavy atom. The molecule has 1 N–H and O–H groups in total. The number of phenolic OH excluding ortho intramolecular Hbond substituents is 1. The molecule has 1 rings (SSSR count). The van der Waals surface area contributed by atoms with Gasteiger partial charge in [0.25, 0.3) is 0 Å². The van der Waals surface area contributed by atoms with Crippen LogP contribution in [-0.4, -0.2) is 28.1 Å². The van der Waals surface area contributed by atoms with Crippen molar-refractivity contribution in [1.29, 1.82) is 0 Å². The third-order valence-corrected chi connectivity index (χ3v) is 2.56. The summed E-state index contributed by atoms with van der Waals surface area (Å²) in [5, 5.41) is 9.03. The van der Waals surface area contributed by atoms with Crippen molar-refractivity contribution in [2.75, 3.05) is 0 Å². The molecule has 0 aliphatic heterocycles. The minimum absolute atomic E-state index is 0.304. The van der Waals surface area contributed by atoms with Crippen LogP contribution in [0, 0.1) is 0 Å². The minimum atomic E-state index is 0.304. The summed E-state index contributed by atoms with van der Waals surface area (Å²) in [6.07, 6.45) is 0. The molecule has 0 saturated heterocycles. The Morgan fingerprint density at radius 3 is 2.00 bits per heavy atom. The van der Waals surface area contributed by atoms with E-state index in [9.17, 15) is 0 Å². The predicted octanol–water partition coefficient (Wildman–Crippen LogP) is 1.26. The number of benzene rings is 1. The second-order valence-corrected chi connectivity index (χ2v) is 7.39. The van der Waals surface area contributed by atoms with Gasteiger partial charge in [-0.2, -0.15) is 0 Å². The number of hydrogen-bond donors (Lipinski definition) is 1. The molecule has 0 atom stereocenters. The Hall–Kier alpha value is -0.162. The molecule has 60 valence electrons. The van der Waals surface area contributed by atoms with Crippen LogP contribution in [0.15, 0.2) is 24.3 Å². The first-order chi connectivity index (χ1) is 5.00. The van der Waals surface area contributed by atoms with E-state index in [0.29, 0.717) is 9.11 Å². The van der Waals surface area contributed by atoms with Gasteiger partial charge in [-0.1, -0.05) is 0 Å². The fourth-order valence-corrected chi connectivity index (χ4v) is 1.44. The summed E-state index contributed by atoms with van der Waals surface area (Å²) in [6.45, 7) is 4.42. The molecule has 0 fully saturated rings. The molecule has 0 radical (unpaired) electrons. The van der Waals surface area contributed by atoms with Crippen molar-refractivity contribution < 1.29 is 5.11 Å². The van der Waals surface area contributed by atoms with E-state index in [1.165, 1.54) is 28.6 Å². The summed E-state index contributed by atoms with van der Waals surface area (Å²) in [4.78, 5) is 0. The molecule has 0 bridgehead atoms. The van der Waals surface area contributed by atoms with Gasteiger partial charge in [0, 0.05) is 0 Å². The van der Waals surface area contributed by atoms with Gasteiger partial charge in [0.15, 0.2) is 0 Å². The molecule has 0 amide bonds. The first-order valence-electron chi connectivity index (χ1n) is 3.58. The van der Waals surface area contributed by atoms with E-state index in [2.05, 4.69) is 13.8 Å². The maximum atomic E-state index is 9.03. The van der Waals surface area contributed by atoms with E-state index in [1.807, 2.05) is 12.1 Å². The van der Waals surface area contributed by atoms with E-state index in [0.717, 1.165) is 0 Å². The zero-order valence-corrected chi connectivity index (χ0v) is 10.1. The molecule has 0 unspecified atom stereocenters. The number of rotatable bonds is 1. The quantitative estimate of drug-likeness (QED) is 0.753. The Labute approximate surface area is 80.9 Å². The molecule has 0 aliphatic carbocycles. The Bertz CT molecular complexity index is 233. The number of hydrogen-bond acceptors (Lipinski definition) is 1. The molecule has 0 heterocycles. The van der Waals surface area contributed by atoms with Gasteiger partial charge >= 0.3 is 80.9 Å². The molecule has 1 aromatic carbocycles. The van der Waals surface area contributed by atoms with Gasteiger partial charge in [-0.15, -0.1) is 0 Å². The molecule has 2 heteroatoms. The van der Waals surface area contributed by atoms with E-state index >= 15 is 0 Å². The van der Waals surface area contributed by atoms with Crippen molar-refractivity contribution in [3.63, 3.8) is 0 Å². The van der Waals surface area contributed by atoms with Gasteiger partial charge in [0.2, 0.25) is 0 Å². The van der Waals surface area contributed by atoms with Crippen LogP contribution in [-0.2, 0) is 3.36 Å². The van der Waals surface area contributed by atoms with Crippen LogP contribution in [0.4, 0.5) is 0 Å². The monoisotopic (exact) mass is 258 g/mol. The van der Waals surface area contributed by atoms with Crippen LogP contribution in [0.1, 0.15) is 19.4 Å². The fraction of sp³-hybridized carbons (Fsp3) is 0.333. The van der Waals surface area contributed by atoms with Crippen molar-refractivity contribution in [2.24, 2.45) is 0 Å². The summed E-state index contributed by atoms with van der Waals surface area (Å²) in [7, 11) is 0. The average Bonchev–Trinajstić information content (AvgIpc) is 1.86. The van der Waals surface area contributed by atoms with Crippen LogP contribution < -0.4 is 0 Å². The van der Waals surface area contributed by atoms with Gasteiger partial charge in [-0.05, 0) is 0 Å². The van der Waals surface area contributed by atoms with Gasteiger partial charge in [-0.25, -0.2) is 0 Å². The third kappa shape index (κ3) is 2.41. The summed E-state index contributed by atoms with van der Waals surface area (Å²) >= 11 is 1.20. The first-order valence-corrected chi connectivity index (χ1v) is 5.23. The molecule has 1 aromatic rings. The van der Waals surface area contributed by atoms with Gasteiger partial charge in [0.1, 0.15) is 0 Å². The van der Waals surface area contributed by atoms with Crippen LogP contribution in [0.5, 0.6) is 5.75 Å². The molecular formula is C9H13OSb. The summed E-state index contributed by atoms with van der Waals surface area (Å²) < 4.78 is 0.304. The van der Waals surface area contributed by atoms with Crippen molar-refractivity contribution in [1.82, 2.24) is 0 Å². The first kappa shape index (κ1) is 8.93. The van der Waals surface area contributed by atoms with Crippen molar-refractivity contribution in [3.05, 3.63) is 29.8 Å². The van der Waals surface area contributed by atoms with Gasteiger partial charge in [-0.3, -0.25) is 0 Å². The average molecular weight is 259 g/mol. The fourth-order valence-electron chi connectivity index (χ4n) is 0.891. The van der Waals surface area contributed by atoms with Crippen LogP contribution >= 0.6 is 0 Å². The van der Waals surface area contributed by atoms with Crippen LogP contribution in [0.3, 0.4) is 0 Å². The number of phenols is 1. The van der Waals surface area contributed by atoms with Gasteiger partial charge in [0.05, 0.1) is 0 Å². The van der Waals surface area contributed by atoms with E-state index in [4.69, 9.17) is 5.11 Å². The standard InChI is InChI=1S/C9H11O.Sb.2H/c1-7(2)8-3-5-9(10)6-4-8;;;/h3-6,10H,1-2H3;;;. The Kier molecular flexibility index (Phi) is 2.49. The number of aromatic hydroxyl groups is 1. The Balaban J connectivity index is 2.99. The van der Waals surface area contributed by atoms with Crippen molar-refractivity contribution >= 4 is 23.0 Å². The zero-order chi connectivity index (χ0) is 8.48. The SMILES string of the molecule is C[C](C)([SbH2])c1ccc(O)cc1. The summed E-state index contributed by atoms with van der Waals surface area (Å²) in [5.74, 6) is 0.346. The molecule has 0 aromatic heterocycles. The van der Waals surface area contributed by atoms with E-state index < -0.39 is 0 Å². The van der Waals surface area contributed by atoms with Crippen molar-refractivity contribution in [3.8, 4) is 5.75 Å². The third-order valence-electron chi connectivity index (χ3n) is 1.61. The summed E-state index contributed by atoms with van der Waals surface area (Å²) in [5.41, 5.74) is 1.30. The molecular weight excluding hydrogens is 246 g/mol. The van der Waals surface area contributed by atoms with Crippen molar-refractivity contribution in [2.45, 2.75) is 17.2 Å². The zero-order valence-electron chi connectivity index (χ0n) is 6.83. The van der Waals surface area contributed by atoms with Crippen LogP contribution in [0.2, 0.25) is 0 Å². The van der Waals surface area contributed by atoms with E-state index in [1.54, 1.807) is 12.1 Å². The topological polar surface area (TPSA) is 20.2 Å². The second-order valence-electron chi connectivity index (χ2n) is 3.27. The molecule has 0 aliphatic rings. The molecule has 0 saturated carbocycles. The predicted molar refractivity (Wildman–Crippen MR) is 49.7 cm³/mol. The van der Waals surface area contributed by atoms with Crippen LogP contribution in [0.25, 0.3) is 0 Å². The van der Waals surface area contributed by atoms with E-state index in [-0.39, 0.29) is 0 Å². The summed E-state index contributed by atoms with van der Waals surface area (Å²) in [6, 6.07) is 7.46. The maximum absolute atomic E-state index is 9.03.